The molecule has 0 unspecified atom stereocenters. The van der Waals surface area contributed by atoms with Gasteiger partial charge in [0.1, 0.15) is 5.75 Å². The standard InChI is InChI=1S/C17H16BrNO2/c1-21-16-11-13(7-8-15(16)18)19-10-9-14(17(19)20)12-5-3-2-4-6-12/h2-8,11,14H,9-10H2,1H3/t14-/m0/s1. The fourth-order valence-electron chi connectivity index (χ4n) is 2.75. The van der Waals surface area contributed by atoms with Crippen molar-refractivity contribution in [3.63, 3.8) is 0 Å². The first kappa shape index (κ1) is 14.1. The van der Waals surface area contributed by atoms with Crippen LogP contribution in [-0.2, 0) is 4.79 Å². The molecule has 0 radical (unpaired) electrons. The van der Waals surface area contributed by atoms with Gasteiger partial charge in [-0.15, -0.1) is 0 Å². The van der Waals surface area contributed by atoms with Crippen LogP contribution in [0, 0.1) is 0 Å². The largest absolute Gasteiger partial charge is 0.495 e. The monoisotopic (exact) mass is 345 g/mol. The number of anilines is 1. The lowest BCUT2D eigenvalue weighted by Crippen LogP contribution is -2.26. The molecule has 0 bridgehead atoms. The Kier molecular flexibility index (Phi) is 3.97. The molecule has 1 aliphatic heterocycles. The molecule has 1 amide bonds. The average molecular weight is 346 g/mol. The minimum atomic E-state index is -0.0409. The van der Waals surface area contributed by atoms with E-state index in [0.29, 0.717) is 0 Å². The summed E-state index contributed by atoms with van der Waals surface area (Å²) in [6.45, 7) is 0.739. The maximum Gasteiger partial charge on any atom is 0.234 e. The average Bonchev–Trinajstić information content (AvgIpc) is 2.90. The molecule has 1 aliphatic rings. The van der Waals surface area contributed by atoms with Crippen LogP contribution in [0.2, 0.25) is 0 Å². The summed E-state index contributed by atoms with van der Waals surface area (Å²) in [4.78, 5) is 14.5. The maximum atomic E-state index is 12.7. The predicted octanol–water partition coefficient (Wildman–Crippen LogP) is 3.98. The number of halogens is 1. The maximum absolute atomic E-state index is 12.7. The lowest BCUT2D eigenvalue weighted by atomic mass is 9.98. The van der Waals surface area contributed by atoms with E-state index in [1.807, 2.05) is 53.4 Å². The zero-order chi connectivity index (χ0) is 14.8. The molecule has 1 saturated heterocycles. The first-order valence-electron chi connectivity index (χ1n) is 6.90. The van der Waals surface area contributed by atoms with E-state index in [0.717, 1.165) is 34.4 Å². The molecule has 2 aromatic carbocycles. The van der Waals surface area contributed by atoms with Gasteiger partial charge in [-0.3, -0.25) is 4.79 Å². The number of carbonyl (C=O) groups is 1. The van der Waals surface area contributed by atoms with Crippen molar-refractivity contribution in [1.82, 2.24) is 0 Å². The van der Waals surface area contributed by atoms with Crippen LogP contribution in [0.4, 0.5) is 5.69 Å². The van der Waals surface area contributed by atoms with Crippen LogP contribution in [-0.4, -0.2) is 19.6 Å². The second-order valence-corrected chi connectivity index (χ2v) is 5.92. The summed E-state index contributed by atoms with van der Waals surface area (Å²) < 4.78 is 6.20. The number of benzene rings is 2. The van der Waals surface area contributed by atoms with Crippen molar-refractivity contribution >= 4 is 27.5 Å². The molecule has 0 aliphatic carbocycles. The van der Waals surface area contributed by atoms with Gasteiger partial charge in [-0.05, 0) is 40.0 Å². The highest BCUT2D eigenvalue weighted by atomic mass is 79.9. The van der Waals surface area contributed by atoms with Crippen LogP contribution in [0.1, 0.15) is 17.9 Å². The minimum absolute atomic E-state index is 0.0409. The molecule has 0 N–H and O–H groups in total. The Balaban J connectivity index is 1.87. The zero-order valence-corrected chi connectivity index (χ0v) is 13.3. The Hall–Kier alpha value is -1.81. The molecule has 3 rings (SSSR count). The van der Waals surface area contributed by atoms with Crippen molar-refractivity contribution in [3.8, 4) is 5.75 Å². The summed E-state index contributed by atoms with van der Waals surface area (Å²) in [7, 11) is 1.63. The molecular formula is C17H16BrNO2. The summed E-state index contributed by atoms with van der Waals surface area (Å²) in [6.07, 6.45) is 0.848. The Labute approximate surface area is 132 Å². The molecule has 21 heavy (non-hydrogen) atoms. The number of hydrogen-bond donors (Lipinski definition) is 0. The van der Waals surface area contributed by atoms with Crippen LogP contribution in [0.25, 0.3) is 0 Å². The van der Waals surface area contributed by atoms with Gasteiger partial charge in [0.05, 0.1) is 17.5 Å². The number of carbonyl (C=O) groups excluding carboxylic acids is 1. The van der Waals surface area contributed by atoms with E-state index in [4.69, 9.17) is 4.74 Å². The van der Waals surface area contributed by atoms with Crippen LogP contribution in [0.3, 0.4) is 0 Å². The Morgan fingerprint density at radius 1 is 1.19 bits per heavy atom. The van der Waals surface area contributed by atoms with Gasteiger partial charge in [-0.2, -0.15) is 0 Å². The number of rotatable bonds is 3. The van der Waals surface area contributed by atoms with Crippen molar-refractivity contribution in [2.75, 3.05) is 18.6 Å². The van der Waals surface area contributed by atoms with Gasteiger partial charge >= 0.3 is 0 Å². The van der Waals surface area contributed by atoms with Gasteiger partial charge in [0.25, 0.3) is 0 Å². The Morgan fingerprint density at radius 2 is 1.95 bits per heavy atom. The van der Waals surface area contributed by atoms with Crippen molar-refractivity contribution in [1.29, 1.82) is 0 Å². The third kappa shape index (κ3) is 2.68. The summed E-state index contributed by atoms with van der Waals surface area (Å²) in [6, 6.07) is 15.7. The number of nitrogens with zero attached hydrogens (tertiary/aromatic N) is 1. The fourth-order valence-corrected chi connectivity index (χ4v) is 3.16. The van der Waals surface area contributed by atoms with Crippen LogP contribution < -0.4 is 9.64 Å². The smallest absolute Gasteiger partial charge is 0.234 e. The van der Waals surface area contributed by atoms with Gasteiger partial charge in [0.15, 0.2) is 0 Å². The summed E-state index contributed by atoms with van der Waals surface area (Å²) in [5, 5.41) is 0. The number of amides is 1. The highest BCUT2D eigenvalue weighted by Gasteiger charge is 2.33. The van der Waals surface area contributed by atoms with Crippen molar-refractivity contribution in [2.45, 2.75) is 12.3 Å². The highest BCUT2D eigenvalue weighted by Crippen LogP contribution is 2.35. The van der Waals surface area contributed by atoms with Crippen molar-refractivity contribution < 1.29 is 9.53 Å². The fraction of sp³-hybridized carbons (Fsp3) is 0.235. The number of ether oxygens (including phenoxy) is 1. The van der Waals surface area contributed by atoms with Gasteiger partial charge in [-0.1, -0.05) is 30.3 Å². The van der Waals surface area contributed by atoms with Crippen molar-refractivity contribution in [2.24, 2.45) is 0 Å². The summed E-state index contributed by atoms with van der Waals surface area (Å²) >= 11 is 3.43. The zero-order valence-electron chi connectivity index (χ0n) is 11.8. The molecule has 1 atom stereocenters. The van der Waals surface area contributed by atoms with Gasteiger partial charge < -0.3 is 9.64 Å². The highest BCUT2D eigenvalue weighted by molar-refractivity contribution is 9.10. The predicted molar refractivity (Wildman–Crippen MR) is 86.8 cm³/mol. The Morgan fingerprint density at radius 3 is 2.67 bits per heavy atom. The summed E-state index contributed by atoms with van der Waals surface area (Å²) in [5.74, 6) is 0.856. The molecular weight excluding hydrogens is 330 g/mol. The van der Waals surface area contributed by atoms with Gasteiger partial charge in [-0.25, -0.2) is 0 Å². The van der Waals surface area contributed by atoms with Gasteiger partial charge in [0.2, 0.25) is 5.91 Å². The Bertz CT molecular complexity index is 657. The molecule has 0 spiro atoms. The first-order chi connectivity index (χ1) is 10.2. The minimum Gasteiger partial charge on any atom is -0.495 e. The third-order valence-electron chi connectivity index (χ3n) is 3.85. The van der Waals surface area contributed by atoms with E-state index in [1.165, 1.54) is 0 Å². The molecule has 2 aromatic rings. The van der Waals surface area contributed by atoms with Gasteiger partial charge in [0, 0.05) is 18.3 Å². The molecule has 0 aromatic heterocycles. The molecule has 3 nitrogen and oxygen atoms in total. The molecule has 1 fully saturated rings. The molecule has 1 heterocycles. The third-order valence-corrected chi connectivity index (χ3v) is 4.51. The molecule has 108 valence electrons. The normalized spacial score (nSPS) is 18.1. The number of hydrogen-bond acceptors (Lipinski definition) is 2. The van der Waals surface area contributed by atoms with Crippen molar-refractivity contribution in [3.05, 3.63) is 58.6 Å². The van der Waals surface area contributed by atoms with E-state index in [9.17, 15) is 4.79 Å². The molecule has 0 saturated carbocycles. The van der Waals surface area contributed by atoms with Crippen LogP contribution >= 0.6 is 15.9 Å². The second-order valence-electron chi connectivity index (χ2n) is 5.06. The molecule has 4 heteroatoms. The SMILES string of the molecule is COc1cc(N2CC[C@@H](c3ccccc3)C2=O)ccc1Br. The lowest BCUT2D eigenvalue weighted by Gasteiger charge is -2.18. The van der Waals surface area contributed by atoms with E-state index in [1.54, 1.807) is 7.11 Å². The van der Waals surface area contributed by atoms with E-state index < -0.39 is 0 Å². The quantitative estimate of drug-likeness (QED) is 0.841. The van der Waals surface area contributed by atoms with Crippen LogP contribution in [0.5, 0.6) is 5.75 Å². The topological polar surface area (TPSA) is 29.5 Å². The number of methoxy groups -OCH3 is 1. The summed E-state index contributed by atoms with van der Waals surface area (Å²) in [5.41, 5.74) is 1.98. The van der Waals surface area contributed by atoms with E-state index >= 15 is 0 Å². The van der Waals surface area contributed by atoms with E-state index in [2.05, 4.69) is 15.9 Å². The second kappa shape index (κ2) is 5.90. The van der Waals surface area contributed by atoms with E-state index in [-0.39, 0.29) is 11.8 Å². The lowest BCUT2D eigenvalue weighted by molar-refractivity contribution is -0.118. The van der Waals surface area contributed by atoms with Crippen LogP contribution in [0.15, 0.2) is 53.0 Å². The first-order valence-corrected chi connectivity index (χ1v) is 7.70.